The molecule has 0 atom stereocenters. The van der Waals surface area contributed by atoms with Gasteiger partial charge in [-0.1, -0.05) is 48.5 Å². The van der Waals surface area contributed by atoms with Gasteiger partial charge in [0.2, 0.25) is 0 Å². The van der Waals surface area contributed by atoms with Crippen LogP contribution in [0.3, 0.4) is 0 Å². The fourth-order valence-electron chi connectivity index (χ4n) is 3.01. The van der Waals surface area contributed by atoms with Crippen molar-refractivity contribution in [2.45, 2.75) is 0 Å². The van der Waals surface area contributed by atoms with E-state index in [2.05, 4.69) is 31.4 Å². The molecule has 0 radical (unpaired) electrons. The van der Waals surface area contributed by atoms with Gasteiger partial charge < -0.3 is 10.2 Å². The third-order valence-electron chi connectivity index (χ3n) is 4.50. The van der Waals surface area contributed by atoms with E-state index in [1.807, 2.05) is 54.6 Å². The normalized spacial score (nSPS) is 11.1. The Kier molecular flexibility index (Phi) is 5.45. The predicted octanol–water partition coefficient (Wildman–Crippen LogP) is 4.84. The van der Waals surface area contributed by atoms with E-state index in [1.54, 1.807) is 6.07 Å². The first-order valence-electron chi connectivity index (χ1n) is 9.03. The highest BCUT2D eigenvalue weighted by Crippen LogP contribution is 2.30. The van der Waals surface area contributed by atoms with E-state index in [9.17, 15) is 15.0 Å². The summed E-state index contributed by atoms with van der Waals surface area (Å²) in [6.07, 6.45) is 1.30. The van der Waals surface area contributed by atoms with Crippen molar-refractivity contribution in [2.24, 2.45) is 5.10 Å². The molecule has 4 aromatic rings. The molecule has 4 rings (SSSR count). The maximum atomic E-state index is 12.9. The van der Waals surface area contributed by atoms with Crippen LogP contribution in [0.2, 0.25) is 0 Å². The molecular weight excluding hydrogens is 446 g/mol. The lowest BCUT2D eigenvalue weighted by atomic mass is 10.0. The molecule has 0 aliphatic carbocycles. The van der Waals surface area contributed by atoms with Crippen LogP contribution < -0.4 is 5.43 Å². The Morgan fingerprint density at radius 2 is 1.70 bits per heavy atom. The number of carbonyl (C=O) groups is 1. The Morgan fingerprint density at radius 1 is 0.967 bits per heavy atom. The number of halogens is 1. The number of phenols is 2. The number of para-hydroxylation sites is 1. The number of fused-ring (bicyclic) bond motifs is 1. The number of nitrogens with zero attached hydrogens (tertiary/aromatic N) is 2. The number of hydrazone groups is 1. The van der Waals surface area contributed by atoms with E-state index in [-0.39, 0.29) is 11.5 Å². The van der Waals surface area contributed by atoms with Gasteiger partial charge in [0.1, 0.15) is 11.5 Å². The number of nitrogens with one attached hydrogen (secondary N) is 1. The second-order valence-electron chi connectivity index (χ2n) is 6.50. The maximum Gasteiger partial charge on any atom is 0.272 e. The number of aromatic hydroxyl groups is 2. The number of hydrogen-bond acceptors (Lipinski definition) is 5. The van der Waals surface area contributed by atoms with Gasteiger partial charge in [-0.25, -0.2) is 10.4 Å². The van der Waals surface area contributed by atoms with Crippen molar-refractivity contribution >= 4 is 39.0 Å². The molecule has 30 heavy (non-hydrogen) atoms. The molecular formula is C23H16BrN3O3. The average Bonchev–Trinajstić information content (AvgIpc) is 2.77. The quantitative estimate of drug-likeness (QED) is 0.299. The zero-order valence-corrected chi connectivity index (χ0v) is 17.2. The van der Waals surface area contributed by atoms with Gasteiger partial charge in [-0.3, -0.25) is 4.79 Å². The number of hydrogen-bond donors (Lipinski definition) is 3. The summed E-state index contributed by atoms with van der Waals surface area (Å²) in [5.74, 6) is -0.654. The first-order chi connectivity index (χ1) is 14.5. The van der Waals surface area contributed by atoms with Crippen molar-refractivity contribution in [2.75, 3.05) is 0 Å². The van der Waals surface area contributed by atoms with Crippen molar-refractivity contribution in [1.29, 1.82) is 0 Å². The summed E-state index contributed by atoms with van der Waals surface area (Å²) in [5.41, 5.74) is 5.56. The molecule has 0 spiro atoms. The fraction of sp³-hybridized carbons (Fsp3) is 0. The van der Waals surface area contributed by atoms with E-state index in [0.29, 0.717) is 32.2 Å². The standard InChI is InChI=1S/C23H16BrN3O3/c24-18-10-15(21(28)12-22(18)29)13-25-27-23(30)17-11-20(14-6-2-1-3-7-14)26-19-9-5-4-8-16(17)19/h1-13,28-29H,(H,27,30)/b25-13+. The Hall–Kier alpha value is -3.71. The Bertz CT molecular complexity index is 1270. The number of amides is 1. The van der Waals surface area contributed by atoms with Crippen molar-refractivity contribution in [3.05, 3.63) is 88.4 Å². The summed E-state index contributed by atoms with van der Waals surface area (Å²) in [4.78, 5) is 17.5. The molecule has 1 heterocycles. The number of carbonyl (C=O) groups excluding carboxylic acids is 1. The van der Waals surface area contributed by atoms with Crippen LogP contribution in [0.5, 0.6) is 11.5 Å². The molecule has 6 nitrogen and oxygen atoms in total. The smallest absolute Gasteiger partial charge is 0.272 e. The lowest BCUT2D eigenvalue weighted by Gasteiger charge is -2.09. The SMILES string of the molecule is O=C(N/N=C/c1cc(Br)c(O)cc1O)c1cc(-c2ccccc2)nc2ccccc12. The minimum atomic E-state index is -0.403. The average molecular weight is 462 g/mol. The van der Waals surface area contributed by atoms with Crippen LogP contribution in [0, 0.1) is 0 Å². The van der Waals surface area contributed by atoms with Gasteiger partial charge in [0.05, 0.1) is 27.5 Å². The third-order valence-corrected chi connectivity index (χ3v) is 5.13. The molecule has 0 saturated heterocycles. The van der Waals surface area contributed by atoms with Crippen LogP contribution in [0.1, 0.15) is 15.9 Å². The predicted molar refractivity (Wildman–Crippen MR) is 120 cm³/mol. The van der Waals surface area contributed by atoms with E-state index < -0.39 is 5.91 Å². The fourth-order valence-corrected chi connectivity index (χ4v) is 3.37. The summed E-state index contributed by atoms with van der Waals surface area (Å²) < 4.78 is 0.403. The van der Waals surface area contributed by atoms with Gasteiger partial charge in [-0.15, -0.1) is 0 Å². The zero-order chi connectivity index (χ0) is 21.1. The molecule has 0 bridgehead atoms. The molecule has 1 amide bonds. The van der Waals surface area contributed by atoms with E-state index in [4.69, 9.17) is 0 Å². The lowest BCUT2D eigenvalue weighted by molar-refractivity contribution is 0.0956. The summed E-state index contributed by atoms with van der Waals surface area (Å²) in [6.45, 7) is 0. The van der Waals surface area contributed by atoms with Gasteiger partial charge in [0.15, 0.2) is 0 Å². The highest BCUT2D eigenvalue weighted by Gasteiger charge is 2.13. The Morgan fingerprint density at radius 3 is 2.50 bits per heavy atom. The second kappa shape index (κ2) is 8.34. The van der Waals surface area contributed by atoms with Gasteiger partial charge in [0.25, 0.3) is 5.91 Å². The van der Waals surface area contributed by atoms with Crippen LogP contribution in [-0.4, -0.2) is 27.3 Å². The molecule has 3 aromatic carbocycles. The minimum absolute atomic E-state index is 0.0922. The van der Waals surface area contributed by atoms with Gasteiger partial charge in [-0.05, 0) is 34.1 Å². The summed E-state index contributed by atoms with van der Waals surface area (Å²) in [7, 11) is 0. The topological polar surface area (TPSA) is 94.8 Å². The minimum Gasteiger partial charge on any atom is -0.507 e. The first-order valence-corrected chi connectivity index (χ1v) is 9.82. The van der Waals surface area contributed by atoms with Gasteiger partial charge >= 0.3 is 0 Å². The Balaban J connectivity index is 1.67. The summed E-state index contributed by atoms with van der Waals surface area (Å²) in [5, 5.41) is 24.1. The van der Waals surface area contributed by atoms with Crippen LogP contribution in [0.4, 0.5) is 0 Å². The second-order valence-corrected chi connectivity index (χ2v) is 7.35. The van der Waals surface area contributed by atoms with Crippen LogP contribution in [0.25, 0.3) is 22.2 Å². The molecule has 0 unspecified atom stereocenters. The number of benzene rings is 3. The zero-order valence-electron chi connectivity index (χ0n) is 15.6. The van der Waals surface area contributed by atoms with Crippen molar-refractivity contribution in [3.8, 4) is 22.8 Å². The Labute approximate surface area is 180 Å². The van der Waals surface area contributed by atoms with E-state index >= 15 is 0 Å². The summed E-state index contributed by atoms with van der Waals surface area (Å²) >= 11 is 3.18. The molecule has 0 aliphatic heterocycles. The molecule has 1 aromatic heterocycles. The maximum absolute atomic E-state index is 12.9. The molecule has 7 heteroatoms. The van der Waals surface area contributed by atoms with E-state index in [1.165, 1.54) is 18.3 Å². The number of aromatic nitrogens is 1. The number of phenolic OH excluding ortho intramolecular Hbond substituents is 2. The highest BCUT2D eigenvalue weighted by molar-refractivity contribution is 9.10. The molecule has 0 fully saturated rings. The van der Waals surface area contributed by atoms with Crippen molar-refractivity contribution < 1.29 is 15.0 Å². The monoisotopic (exact) mass is 461 g/mol. The first kappa shape index (κ1) is 19.6. The number of rotatable bonds is 4. The molecule has 148 valence electrons. The number of pyridine rings is 1. The highest BCUT2D eigenvalue weighted by atomic mass is 79.9. The molecule has 0 saturated carbocycles. The van der Waals surface area contributed by atoms with Crippen LogP contribution in [0.15, 0.2) is 82.4 Å². The third kappa shape index (κ3) is 4.01. The van der Waals surface area contributed by atoms with Crippen LogP contribution in [-0.2, 0) is 0 Å². The van der Waals surface area contributed by atoms with Gasteiger partial charge in [-0.2, -0.15) is 5.10 Å². The van der Waals surface area contributed by atoms with Crippen LogP contribution >= 0.6 is 15.9 Å². The van der Waals surface area contributed by atoms with E-state index in [0.717, 1.165) is 5.56 Å². The lowest BCUT2D eigenvalue weighted by Crippen LogP contribution is -2.18. The summed E-state index contributed by atoms with van der Waals surface area (Å²) in [6, 6.07) is 21.4. The largest absolute Gasteiger partial charge is 0.507 e. The molecule has 3 N–H and O–H groups in total. The van der Waals surface area contributed by atoms with Gasteiger partial charge in [0, 0.05) is 22.6 Å². The molecule has 0 aliphatic rings. The van der Waals surface area contributed by atoms with Crippen molar-refractivity contribution in [1.82, 2.24) is 10.4 Å². The van der Waals surface area contributed by atoms with Crippen molar-refractivity contribution in [3.63, 3.8) is 0 Å².